The highest BCUT2D eigenvalue weighted by molar-refractivity contribution is 7.25. The van der Waals surface area contributed by atoms with Gasteiger partial charge in [0.1, 0.15) is 11.2 Å². The standard InChI is InChI=1S/C51H30N4OS/c1-3-12-31(13-4-1)49-52-50(32-14-5-2-6-15-32)54-51(53-49)35-24-27-46-39(29-35)38-25-22-34(30-47(38)57-46)33-23-26-44-40(28-33)48-43(20-11-21-45(48)56-44)55-41-18-9-7-16-36(41)37-17-8-10-19-42(37)55/h1-30H. The predicted octanol–water partition coefficient (Wildman–Crippen LogP) is 13.9. The van der Waals surface area contributed by atoms with Crippen molar-refractivity contribution in [2.45, 2.75) is 0 Å². The van der Waals surface area contributed by atoms with Crippen molar-refractivity contribution in [1.82, 2.24) is 19.5 Å². The van der Waals surface area contributed by atoms with Gasteiger partial charge < -0.3 is 8.98 Å². The summed E-state index contributed by atoms with van der Waals surface area (Å²) in [7, 11) is 0. The average molecular weight is 747 g/mol. The Labute approximate surface area is 330 Å². The van der Waals surface area contributed by atoms with Crippen molar-refractivity contribution in [3.63, 3.8) is 0 Å². The van der Waals surface area contributed by atoms with Crippen molar-refractivity contribution in [1.29, 1.82) is 0 Å². The number of rotatable bonds is 5. The highest BCUT2D eigenvalue weighted by atomic mass is 32.1. The molecule has 0 atom stereocenters. The number of thiophene rings is 1. The molecule has 0 bridgehead atoms. The summed E-state index contributed by atoms with van der Waals surface area (Å²) in [6.45, 7) is 0. The summed E-state index contributed by atoms with van der Waals surface area (Å²) < 4.78 is 11.3. The fourth-order valence-corrected chi connectivity index (χ4v) is 9.52. The van der Waals surface area contributed by atoms with Crippen LogP contribution in [0, 0.1) is 0 Å². The van der Waals surface area contributed by atoms with Gasteiger partial charge in [-0.05, 0) is 71.8 Å². The van der Waals surface area contributed by atoms with E-state index in [1.807, 2.05) is 72.0 Å². The summed E-state index contributed by atoms with van der Waals surface area (Å²) in [5.41, 5.74) is 10.4. The minimum absolute atomic E-state index is 0.654. The molecule has 0 N–H and O–H groups in total. The molecule has 4 heterocycles. The molecule has 6 heteroatoms. The molecule has 5 nitrogen and oxygen atoms in total. The van der Waals surface area contributed by atoms with E-state index in [1.165, 1.54) is 42.0 Å². The molecule has 0 radical (unpaired) electrons. The van der Waals surface area contributed by atoms with Crippen LogP contribution in [-0.2, 0) is 0 Å². The molecule has 0 aliphatic heterocycles. The van der Waals surface area contributed by atoms with Gasteiger partial charge in [0.25, 0.3) is 0 Å². The van der Waals surface area contributed by atoms with E-state index >= 15 is 0 Å². The lowest BCUT2D eigenvalue weighted by Crippen LogP contribution is -2.00. The van der Waals surface area contributed by atoms with Crippen molar-refractivity contribution in [3.05, 3.63) is 182 Å². The first-order chi connectivity index (χ1) is 28.2. The number of hydrogen-bond acceptors (Lipinski definition) is 5. The Morgan fingerprint density at radius 2 is 0.947 bits per heavy atom. The molecule has 0 amide bonds. The summed E-state index contributed by atoms with van der Waals surface area (Å²) in [4.78, 5) is 14.9. The second-order valence-corrected chi connectivity index (χ2v) is 15.5. The fourth-order valence-electron chi connectivity index (χ4n) is 8.39. The van der Waals surface area contributed by atoms with Gasteiger partial charge >= 0.3 is 0 Å². The zero-order valence-electron chi connectivity index (χ0n) is 30.4. The van der Waals surface area contributed by atoms with E-state index < -0.39 is 0 Å². The summed E-state index contributed by atoms with van der Waals surface area (Å²) in [6.07, 6.45) is 0. The Balaban J connectivity index is 0.975. The number of aromatic nitrogens is 4. The van der Waals surface area contributed by atoms with E-state index in [2.05, 4.69) is 126 Å². The molecule has 12 rings (SSSR count). The lowest BCUT2D eigenvalue weighted by molar-refractivity contribution is 0.669. The maximum atomic E-state index is 6.50. The highest BCUT2D eigenvalue weighted by Crippen LogP contribution is 2.42. The van der Waals surface area contributed by atoms with Crippen LogP contribution in [0.15, 0.2) is 186 Å². The maximum Gasteiger partial charge on any atom is 0.164 e. The number of para-hydroxylation sites is 2. The van der Waals surface area contributed by atoms with Gasteiger partial charge in [-0.15, -0.1) is 11.3 Å². The van der Waals surface area contributed by atoms with Crippen LogP contribution in [0.4, 0.5) is 0 Å². The van der Waals surface area contributed by atoms with Crippen LogP contribution in [0.2, 0.25) is 0 Å². The van der Waals surface area contributed by atoms with E-state index in [4.69, 9.17) is 19.4 Å². The van der Waals surface area contributed by atoms with Crippen LogP contribution in [0.3, 0.4) is 0 Å². The third-order valence-electron chi connectivity index (χ3n) is 11.1. The second kappa shape index (κ2) is 12.6. The molecule has 8 aromatic carbocycles. The van der Waals surface area contributed by atoms with Gasteiger partial charge in [0, 0.05) is 53.0 Å². The number of nitrogens with zero attached hydrogens (tertiary/aromatic N) is 4. The Morgan fingerprint density at radius 3 is 1.65 bits per heavy atom. The summed E-state index contributed by atoms with van der Waals surface area (Å²) >= 11 is 1.81. The number of hydrogen-bond donors (Lipinski definition) is 0. The maximum absolute atomic E-state index is 6.50. The van der Waals surface area contributed by atoms with Crippen molar-refractivity contribution >= 4 is 75.3 Å². The van der Waals surface area contributed by atoms with E-state index in [0.29, 0.717) is 17.5 Å². The van der Waals surface area contributed by atoms with Gasteiger partial charge in [-0.25, -0.2) is 15.0 Å². The van der Waals surface area contributed by atoms with E-state index in [9.17, 15) is 0 Å². The normalized spacial score (nSPS) is 11.9. The van der Waals surface area contributed by atoms with Gasteiger partial charge in [-0.3, -0.25) is 0 Å². The Hall–Kier alpha value is -7.41. The van der Waals surface area contributed by atoms with Crippen LogP contribution in [-0.4, -0.2) is 19.5 Å². The summed E-state index contributed by atoms with van der Waals surface area (Å²) in [5.74, 6) is 1.97. The Bertz CT molecular complexity index is 3420. The molecule has 0 saturated heterocycles. The molecule has 0 spiro atoms. The van der Waals surface area contributed by atoms with E-state index in [1.54, 1.807) is 0 Å². The predicted molar refractivity (Wildman–Crippen MR) is 236 cm³/mol. The van der Waals surface area contributed by atoms with E-state index in [0.717, 1.165) is 55.4 Å². The molecule has 0 fully saturated rings. The molecule has 4 aromatic heterocycles. The van der Waals surface area contributed by atoms with Gasteiger partial charge in [0.05, 0.1) is 22.1 Å². The minimum Gasteiger partial charge on any atom is -0.456 e. The van der Waals surface area contributed by atoms with Crippen LogP contribution < -0.4 is 0 Å². The first-order valence-electron chi connectivity index (χ1n) is 19.0. The second-order valence-electron chi connectivity index (χ2n) is 14.4. The van der Waals surface area contributed by atoms with Crippen LogP contribution in [0.25, 0.3) is 115 Å². The monoisotopic (exact) mass is 746 g/mol. The topological polar surface area (TPSA) is 56.7 Å². The molecule has 0 aliphatic carbocycles. The minimum atomic E-state index is 0.654. The summed E-state index contributed by atoms with van der Waals surface area (Å²) in [6, 6.07) is 63.9. The number of furan rings is 1. The van der Waals surface area contributed by atoms with Crippen molar-refractivity contribution in [2.75, 3.05) is 0 Å². The molecular formula is C51H30N4OS. The highest BCUT2D eigenvalue weighted by Gasteiger charge is 2.19. The smallest absolute Gasteiger partial charge is 0.164 e. The molecule has 12 aromatic rings. The Morgan fingerprint density at radius 1 is 0.368 bits per heavy atom. The average Bonchev–Trinajstić information content (AvgIpc) is 3.95. The lowest BCUT2D eigenvalue weighted by atomic mass is 10.0. The van der Waals surface area contributed by atoms with Crippen LogP contribution in [0.5, 0.6) is 0 Å². The van der Waals surface area contributed by atoms with Crippen LogP contribution in [0.1, 0.15) is 0 Å². The van der Waals surface area contributed by atoms with Gasteiger partial charge in [-0.1, -0.05) is 121 Å². The molecular weight excluding hydrogens is 717 g/mol. The quantitative estimate of drug-likeness (QED) is 0.176. The number of fused-ring (bicyclic) bond motifs is 9. The molecule has 266 valence electrons. The van der Waals surface area contributed by atoms with Gasteiger partial charge in [0.2, 0.25) is 0 Å². The number of benzene rings is 8. The first-order valence-corrected chi connectivity index (χ1v) is 19.8. The van der Waals surface area contributed by atoms with Gasteiger partial charge in [-0.2, -0.15) is 0 Å². The molecule has 0 aliphatic rings. The molecule has 0 saturated carbocycles. The van der Waals surface area contributed by atoms with Crippen molar-refractivity contribution in [3.8, 4) is 51.0 Å². The zero-order valence-corrected chi connectivity index (χ0v) is 31.2. The fraction of sp³-hybridized carbons (Fsp3) is 0. The third kappa shape index (κ3) is 5.12. The zero-order chi connectivity index (χ0) is 37.5. The first kappa shape index (κ1) is 31.9. The van der Waals surface area contributed by atoms with Crippen LogP contribution >= 0.6 is 11.3 Å². The van der Waals surface area contributed by atoms with Crippen molar-refractivity contribution in [2.24, 2.45) is 0 Å². The van der Waals surface area contributed by atoms with E-state index in [-0.39, 0.29) is 0 Å². The van der Waals surface area contributed by atoms with Crippen molar-refractivity contribution < 1.29 is 4.42 Å². The largest absolute Gasteiger partial charge is 0.456 e. The molecule has 0 unspecified atom stereocenters. The third-order valence-corrected chi connectivity index (χ3v) is 12.2. The summed E-state index contributed by atoms with van der Waals surface area (Å²) in [5, 5.41) is 7.09. The SMILES string of the molecule is c1ccc(-c2nc(-c3ccccc3)nc(-c3ccc4sc5cc(-c6ccc7oc8cccc(-n9c%10ccccc%10c%10ccccc%109)c8c7c6)ccc5c4c3)n2)cc1. The van der Waals surface area contributed by atoms with Gasteiger partial charge in [0.15, 0.2) is 17.5 Å². The lowest BCUT2D eigenvalue weighted by Gasteiger charge is -2.10. The molecule has 57 heavy (non-hydrogen) atoms. The Kier molecular flexibility index (Phi) is 7.03.